The van der Waals surface area contributed by atoms with Gasteiger partial charge in [0.15, 0.2) is 12.3 Å². The van der Waals surface area contributed by atoms with Gasteiger partial charge in [0, 0.05) is 56.6 Å². The van der Waals surface area contributed by atoms with E-state index >= 15 is 0 Å². The molecule has 15 heteroatoms. The van der Waals surface area contributed by atoms with Crippen LogP contribution in [0.2, 0.25) is 0 Å². The normalized spacial score (nSPS) is 13.6. The van der Waals surface area contributed by atoms with E-state index in [4.69, 9.17) is 14.3 Å². The molecular formula is C34H34N4O10S. The number of aryl methyl sites for hydroxylation is 2. The molecule has 0 spiro atoms. The van der Waals surface area contributed by atoms with Crippen molar-refractivity contribution in [2.75, 3.05) is 11.4 Å². The summed E-state index contributed by atoms with van der Waals surface area (Å²) in [6.07, 6.45) is 7.24. The number of carbonyl (C=O) groups is 2. The minimum Gasteiger partial charge on any atom is -0.744 e. The number of aliphatic carboxylic acids is 1. The molecule has 0 radical (unpaired) electrons. The number of hydrogen-bond acceptors (Lipinski definition) is 10. The molecule has 5 rings (SSSR count). The number of hydrogen-bond donors (Lipinski definition) is 2. The number of carboxylic acid groups (broad SMARTS) is 1. The Morgan fingerprint density at radius 2 is 1.82 bits per heavy atom. The summed E-state index contributed by atoms with van der Waals surface area (Å²) in [5.74, 6) is -0.168. The molecule has 2 heterocycles. The van der Waals surface area contributed by atoms with Gasteiger partial charge < -0.3 is 29.0 Å². The van der Waals surface area contributed by atoms with Crippen molar-refractivity contribution in [3.05, 3.63) is 106 Å². The molecule has 4 aromatic rings. The highest BCUT2D eigenvalue weighted by Crippen LogP contribution is 2.40. The van der Waals surface area contributed by atoms with Gasteiger partial charge in [0.25, 0.3) is 11.2 Å². The van der Waals surface area contributed by atoms with Crippen molar-refractivity contribution in [1.82, 2.24) is 5.32 Å². The van der Waals surface area contributed by atoms with E-state index in [0.717, 1.165) is 30.0 Å². The lowest BCUT2D eigenvalue weighted by Crippen LogP contribution is -2.35. The van der Waals surface area contributed by atoms with E-state index < -0.39 is 25.9 Å². The number of oxazole rings is 1. The van der Waals surface area contributed by atoms with Gasteiger partial charge in [0.1, 0.15) is 10.1 Å². The van der Waals surface area contributed by atoms with Crippen molar-refractivity contribution in [2.45, 2.75) is 57.0 Å². The summed E-state index contributed by atoms with van der Waals surface area (Å²) in [5.41, 5.74) is 3.69. The first-order valence-electron chi connectivity index (χ1n) is 15.5. The number of amides is 1. The molecule has 0 saturated carbocycles. The molecule has 0 bridgehead atoms. The van der Waals surface area contributed by atoms with Crippen LogP contribution in [0, 0.1) is 17.0 Å². The van der Waals surface area contributed by atoms with Crippen LogP contribution in [0.5, 0.6) is 5.75 Å². The van der Waals surface area contributed by atoms with Gasteiger partial charge in [0.2, 0.25) is 17.4 Å². The van der Waals surface area contributed by atoms with Crippen LogP contribution in [-0.2, 0) is 32.8 Å². The fraction of sp³-hybridized carbons (Fsp3) is 0.265. The van der Waals surface area contributed by atoms with Gasteiger partial charge in [-0.1, -0.05) is 18.2 Å². The molecule has 1 aliphatic heterocycles. The molecule has 14 nitrogen and oxygen atoms in total. The third-order valence-corrected chi connectivity index (χ3v) is 8.66. The zero-order valence-electron chi connectivity index (χ0n) is 26.5. The summed E-state index contributed by atoms with van der Waals surface area (Å²) in [5, 5.41) is 22.6. The average Bonchev–Trinajstić information content (AvgIpc) is 3.58. The van der Waals surface area contributed by atoms with Crippen molar-refractivity contribution in [1.29, 1.82) is 0 Å². The van der Waals surface area contributed by atoms with Crippen LogP contribution in [0.3, 0.4) is 0 Å². The number of unbranched alkanes of at least 4 members (excludes halogenated alkanes) is 2. The number of nitrogens with one attached hydrogen (secondary N) is 1. The van der Waals surface area contributed by atoms with E-state index in [1.54, 1.807) is 35.3 Å². The molecule has 256 valence electrons. The van der Waals surface area contributed by atoms with E-state index in [2.05, 4.69) is 5.32 Å². The quantitative estimate of drug-likeness (QED) is 0.0563. The number of ether oxygens (including phenoxy) is 1. The maximum Gasteiger partial charge on any atom is 0.374 e. The second-order valence-corrected chi connectivity index (χ2v) is 12.8. The lowest BCUT2D eigenvalue weighted by molar-refractivity contribution is -0.678. The van der Waals surface area contributed by atoms with E-state index in [1.165, 1.54) is 24.3 Å². The Hall–Kier alpha value is -5.54. The monoisotopic (exact) mass is 690 g/mol. The molecule has 3 aromatic carbocycles. The van der Waals surface area contributed by atoms with Gasteiger partial charge in [0.05, 0.1) is 21.6 Å². The molecule has 1 amide bonds. The van der Waals surface area contributed by atoms with Crippen molar-refractivity contribution in [3.8, 4) is 5.75 Å². The van der Waals surface area contributed by atoms with E-state index in [-0.39, 0.29) is 49.2 Å². The smallest absolute Gasteiger partial charge is 0.374 e. The molecule has 0 atom stereocenters. The zero-order chi connectivity index (χ0) is 35.1. The highest BCUT2D eigenvalue weighted by Gasteiger charge is 2.28. The molecule has 2 N–H and O–H groups in total. The van der Waals surface area contributed by atoms with E-state index in [0.29, 0.717) is 35.7 Å². The fourth-order valence-electron chi connectivity index (χ4n) is 5.34. The Bertz CT molecular complexity index is 2050. The van der Waals surface area contributed by atoms with Crippen LogP contribution in [0.25, 0.3) is 17.2 Å². The number of non-ortho nitro benzene ring substituents is 1. The standard InChI is InChI=1S/C34H34N4O10S/c1-23-9-15-27-29(20-23)47-32(36(27)18-4-2-3-8-34(40)41)6-5-7-33-37(28-16-14-26(49(44,45)46)21-30(28)48-33)19-17-31(39)35-22-24-10-12-25(13-11-24)38(42)43/h5-7,9-16,20-21H,2-4,8,17-19,22H2,1H3,(H2-,35,39,40,41,44,45,46). The average molecular weight is 691 g/mol. The van der Waals surface area contributed by atoms with Crippen LogP contribution >= 0.6 is 0 Å². The number of fused-ring (bicyclic) bond motifs is 2. The molecule has 0 saturated heterocycles. The van der Waals surface area contributed by atoms with Crippen molar-refractivity contribution >= 4 is 50.5 Å². The number of nitro benzene ring substituents is 1. The highest BCUT2D eigenvalue weighted by molar-refractivity contribution is 7.85. The third kappa shape index (κ3) is 8.88. The molecular weight excluding hydrogens is 656 g/mol. The van der Waals surface area contributed by atoms with Gasteiger partial charge in [-0.25, -0.2) is 8.42 Å². The molecule has 0 unspecified atom stereocenters. The first kappa shape index (κ1) is 34.8. The number of aromatic nitrogens is 1. The van der Waals surface area contributed by atoms with Crippen LogP contribution < -0.4 is 19.5 Å². The second kappa shape index (κ2) is 15.1. The largest absolute Gasteiger partial charge is 0.744 e. The van der Waals surface area contributed by atoms with Crippen LogP contribution in [0.1, 0.15) is 49.1 Å². The Labute approximate surface area is 281 Å². The Morgan fingerprint density at radius 1 is 1.04 bits per heavy atom. The van der Waals surface area contributed by atoms with Gasteiger partial charge in [-0.05, 0) is 61.2 Å². The van der Waals surface area contributed by atoms with Gasteiger partial charge in [-0.2, -0.15) is 4.57 Å². The number of nitrogens with zero attached hydrogens (tertiary/aromatic N) is 3. The molecule has 1 aliphatic rings. The predicted octanol–water partition coefficient (Wildman–Crippen LogP) is 4.95. The van der Waals surface area contributed by atoms with Crippen molar-refractivity contribution in [2.24, 2.45) is 0 Å². The number of carbonyl (C=O) groups excluding carboxylic acids is 1. The SMILES string of the molecule is Cc1ccc2c(c1)oc(/C=C/C=C1\Oc3cc(S(=O)(=O)[O-])ccc3N1CCC(=O)NCc1ccc([N+](=O)[O-])cc1)[n+]2CCCCCC(=O)O. The van der Waals surface area contributed by atoms with Crippen LogP contribution in [-0.4, -0.2) is 41.4 Å². The lowest BCUT2D eigenvalue weighted by Gasteiger charge is -2.18. The minimum atomic E-state index is -4.74. The van der Waals surface area contributed by atoms with E-state index in [9.17, 15) is 32.7 Å². The van der Waals surface area contributed by atoms with Crippen LogP contribution in [0.4, 0.5) is 11.4 Å². The number of rotatable bonds is 15. The third-order valence-electron chi connectivity index (χ3n) is 7.83. The summed E-state index contributed by atoms with van der Waals surface area (Å²) in [6.45, 7) is 2.86. The Morgan fingerprint density at radius 3 is 2.53 bits per heavy atom. The predicted molar refractivity (Wildman–Crippen MR) is 176 cm³/mol. The maximum absolute atomic E-state index is 12.8. The topological polar surface area (TPSA) is 196 Å². The molecule has 49 heavy (non-hydrogen) atoms. The highest BCUT2D eigenvalue weighted by atomic mass is 32.2. The van der Waals surface area contributed by atoms with Crippen LogP contribution in [0.15, 0.2) is 88.0 Å². The number of anilines is 1. The summed E-state index contributed by atoms with van der Waals surface area (Å²) >= 11 is 0. The molecule has 0 fully saturated rings. The number of carboxylic acids is 1. The zero-order valence-corrected chi connectivity index (χ0v) is 27.4. The first-order valence-corrected chi connectivity index (χ1v) is 16.9. The second-order valence-electron chi connectivity index (χ2n) is 11.4. The van der Waals surface area contributed by atoms with Crippen molar-refractivity contribution in [3.63, 3.8) is 0 Å². The van der Waals surface area contributed by atoms with Gasteiger partial charge in [-0.3, -0.25) is 19.7 Å². The van der Waals surface area contributed by atoms with E-state index in [1.807, 2.05) is 29.7 Å². The lowest BCUT2D eigenvalue weighted by atomic mass is 10.2. The maximum atomic E-state index is 12.8. The molecule has 1 aromatic heterocycles. The number of allylic oxidation sites excluding steroid dienone is 2. The molecule has 0 aliphatic carbocycles. The Balaban J connectivity index is 1.34. The first-order chi connectivity index (χ1) is 23.4. The fourth-order valence-corrected chi connectivity index (χ4v) is 5.82. The minimum absolute atomic E-state index is 0.0171. The summed E-state index contributed by atoms with van der Waals surface area (Å²) in [6, 6.07) is 15.5. The van der Waals surface area contributed by atoms with Gasteiger partial charge >= 0.3 is 11.9 Å². The number of benzene rings is 3. The summed E-state index contributed by atoms with van der Waals surface area (Å²) < 4.78 is 49.1. The number of nitro groups is 1. The Kier molecular flexibility index (Phi) is 10.7. The summed E-state index contributed by atoms with van der Waals surface area (Å²) in [4.78, 5) is 35.3. The van der Waals surface area contributed by atoms with Gasteiger partial charge in [-0.15, -0.1) is 0 Å². The van der Waals surface area contributed by atoms with Crippen molar-refractivity contribution < 1.29 is 46.3 Å². The summed E-state index contributed by atoms with van der Waals surface area (Å²) in [7, 11) is -4.74.